The fourth-order valence-electron chi connectivity index (χ4n) is 2.86. The maximum absolute atomic E-state index is 12.4. The molecule has 0 spiro atoms. The lowest BCUT2D eigenvalue weighted by molar-refractivity contribution is -0.140. The largest absolute Gasteiger partial charge is 0.435 e. The Labute approximate surface area is 154 Å². The van der Waals surface area contributed by atoms with Gasteiger partial charge in [-0.3, -0.25) is 9.59 Å². The van der Waals surface area contributed by atoms with E-state index < -0.39 is 37.2 Å². The van der Waals surface area contributed by atoms with E-state index in [0.29, 0.717) is 6.42 Å². The van der Waals surface area contributed by atoms with Crippen LogP contribution >= 0.6 is 0 Å². The number of amides is 1. The Morgan fingerprint density at radius 3 is 2.44 bits per heavy atom. The van der Waals surface area contributed by atoms with E-state index in [9.17, 15) is 27.2 Å². The smallest absolute Gasteiger partial charge is 0.387 e. The van der Waals surface area contributed by atoms with Crippen molar-refractivity contribution in [3.63, 3.8) is 0 Å². The summed E-state index contributed by atoms with van der Waals surface area (Å²) in [6.07, 6.45) is 1.75. The number of rotatable bonds is 11. The predicted molar refractivity (Wildman–Crippen MR) is 87.5 cm³/mol. The summed E-state index contributed by atoms with van der Waals surface area (Å²) >= 11 is 0. The van der Waals surface area contributed by atoms with E-state index in [-0.39, 0.29) is 23.5 Å². The number of carbonyl (C=O) groups excluding carboxylic acids is 2. The number of carbonyl (C=O) groups is 2. The van der Waals surface area contributed by atoms with E-state index in [2.05, 4.69) is 14.8 Å². The maximum Gasteiger partial charge on any atom is 0.387 e. The SMILES string of the molecule is CCC1(C(=O)CC(=O)NC(COC(F)F)c2cccc(OC(F)F)c2)CC1. The fraction of sp³-hybridized carbons (Fsp3) is 0.556. The first-order chi connectivity index (χ1) is 12.8. The summed E-state index contributed by atoms with van der Waals surface area (Å²) < 4.78 is 58.1. The Hall–Kier alpha value is -2.16. The molecule has 0 radical (unpaired) electrons. The molecule has 1 atom stereocenters. The molecule has 1 saturated carbocycles. The Morgan fingerprint density at radius 1 is 1.19 bits per heavy atom. The lowest BCUT2D eigenvalue weighted by Gasteiger charge is -2.20. The molecule has 0 aliphatic heterocycles. The van der Waals surface area contributed by atoms with Gasteiger partial charge in [0.05, 0.1) is 19.1 Å². The zero-order valence-corrected chi connectivity index (χ0v) is 14.7. The zero-order valence-electron chi connectivity index (χ0n) is 14.7. The van der Waals surface area contributed by atoms with Crippen LogP contribution in [0.15, 0.2) is 24.3 Å². The van der Waals surface area contributed by atoms with Crippen molar-refractivity contribution in [2.45, 2.75) is 51.9 Å². The highest BCUT2D eigenvalue weighted by atomic mass is 19.3. The highest BCUT2D eigenvalue weighted by molar-refractivity contribution is 6.02. The van der Waals surface area contributed by atoms with Crippen molar-refractivity contribution in [1.82, 2.24) is 5.32 Å². The summed E-state index contributed by atoms with van der Waals surface area (Å²) in [4.78, 5) is 24.4. The van der Waals surface area contributed by atoms with Crippen LogP contribution in [0.3, 0.4) is 0 Å². The highest BCUT2D eigenvalue weighted by Crippen LogP contribution is 2.50. The molecule has 1 aromatic carbocycles. The lowest BCUT2D eigenvalue weighted by Crippen LogP contribution is -2.34. The molecule has 5 nitrogen and oxygen atoms in total. The van der Waals surface area contributed by atoms with E-state index in [1.54, 1.807) is 0 Å². The van der Waals surface area contributed by atoms with Gasteiger partial charge in [-0.05, 0) is 37.0 Å². The molecule has 0 bridgehead atoms. The van der Waals surface area contributed by atoms with Gasteiger partial charge in [0.1, 0.15) is 11.5 Å². The standard InChI is InChI=1S/C18H21F4NO4/c1-2-18(6-7-18)14(24)9-15(25)23-13(10-26-16(19)20)11-4-3-5-12(8-11)27-17(21)22/h3-5,8,13,16-17H,2,6-7,9-10H2,1H3,(H,23,25). The molecule has 1 N–H and O–H groups in total. The summed E-state index contributed by atoms with van der Waals surface area (Å²) in [5, 5.41) is 2.46. The third-order valence-corrected chi connectivity index (χ3v) is 4.65. The lowest BCUT2D eigenvalue weighted by atomic mass is 9.95. The summed E-state index contributed by atoms with van der Waals surface area (Å²) in [6.45, 7) is -4.83. The van der Waals surface area contributed by atoms with Gasteiger partial charge in [0.2, 0.25) is 5.91 Å². The minimum absolute atomic E-state index is 0.183. The van der Waals surface area contributed by atoms with Gasteiger partial charge in [0.25, 0.3) is 0 Å². The molecule has 1 unspecified atom stereocenters. The van der Waals surface area contributed by atoms with Crippen molar-refractivity contribution in [3.8, 4) is 5.75 Å². The summed E-state index contributed by atoms with van der Waals surface area (Å²) in [7, 11) is 0. The number of hydrogen-bond acceptors (Lipinski definition) is 4. The third kappa shape index (κ3) is 6.20. The van der Waals surface area contributed by atoms with Crippen LogP contribution in [-0.4, -0.2) is 31.5 Å². The first-order valence-electron chi connectivity index (χ1n) is 8.53. The van der Waals surface area contributed by atoms with Crippen LogP contribution in [0.2, 0.25) is 0 Å². The topological polar surface area (TPSA) is 64.6 Å². The number of hydrogen-bond donors (Lipinski definition) is 1. The number of Topliss-reactive ketones (excluding diaryl/α,β-unsaturated/α-hetero) is 1. The second-order valence-corrected chi connectivity index (χ2v) is 6.40. The second-order valence-electron chi connectivity index (χ2n) is 6.40. The molecular formula is C18H21F4NO4. The van der Waals surface area contributed by atoms with Crippen LogP contribution in [0.1, 0.15) is 44.2 Å². The zero-order chi connectivity index (χ0) is 20.0. The van der Waals surface area contributed by atoms with Crippen LogP contribution in [-0.2, 0) is 14.3 Å². The van der Waals surface area contributed by atoms with Crippen molar-refractivity contribution in [2.24, 2.45) is 5.41 Å². The van der Waals surface area contributed by atoms with Gasteiger partial charge in [0.15, 0.2) is 0 Å². The van der Waals surface area contributed by atoms with Gasteiger partial charge in [-0.1, -0.05) is 19.1 Å². The number of nitrogens with one attached hydrogen (secondary N) is 1. The van der Waals surface area contributed by atoms with E-state index in [1.807, 2.05) is 6.92 Å². The number of ketones is 1. The monoisotopic (exact) mass is 391 g/mol. The average Bonchev–Trinajstić information content (AvgIpc) is 3.39. The average molecular weight is 391 g/mol. The number of halogens is 4. The second kappa shape index (κ2) is 9.16. The Balaban J connectivity index is 2.07. The van der Waals surface area contributed by atoms with Crippen LogP contribution in [0.25, 0.3) is 0 Å². The quantitative estimate of drug-likeness (QED) is 0.460. The molecule has 1 aliphatic rings. The van der Waals surface area contributed by atoms with Crippen molar-refractivity contribution >= 4 is 11.7 Å². The van der Waals surface area contributed by atoms with Crippen molar-refractivity contribution in [3.05, 3.63) is 29.8 Å². The molecule has 0 heterocycles. The first kappa shape index (κ1) is 21.1. The maximum atomic E-state index is 12.4. The van der Waals surface area contributed by atoms with Crippen molar-refractivity contribution < 1.29 is 36.6 Å². The molecule has 0 aromatic heterocycles. The van der Waals surface area contributed by atoms with Gasteiger partial charge >= 0.3 is 13.2 Å². The first-order valence-corrected chi connectivity index (χ1v) is 8.53. The van der Waals surface area contributed by atoms with Crippen LogP contribution in [0.4, 0.5) is 17.6 Å². The highest BCUT2D eigenvalue weighted by Gasteiger charge is 2.47. The predicted octanol–water partition coefficient (Wildman–Crippen LogP) is 3.83. The Morgan fingerprint density at radius 2 is 1.89 bits per heavy atom. The number of benzene rings is 1. The molecule has 27 heavy (non-hydrogen) atoms. The van der Waals surface area contributed by atoms with E-state index in [0.717, 1.165) is 12.8 Å². The summed E-state index contributed by atoms with van der Waals surface area (Å²) in [5.41, 5.74) is -0.205. The molecule has 0 saturated heterocycles. The number of ether oxygens (including phenoxy) is 2. The van der Waals surface area contributed by atoms with Gasteiger partial charge in [0, 0.05) is 5.41 Å². The van der Waals surface area contributed by atoms with Crippen molar-refractivity contribution in [2.75, 3.05) is 6.61 Å². The van der Waals surface area contributed by atoms with Gasteiger partial charge in [-0.25, -0.2) is 0 Å². The Kier molecular flexibility index (Phi) is 7.18. The van der Waals surface area contributed by atoms with E-state index >= 15 is 0 Å². The molecule has 150 valence electrons. The molecule has 9 heteroatoms. The number of alkyl halides is 4. The third-order valence-electron chi connectivity index (χ3n) is 4.65. The normalized spacial score (nSPS) is 16.3. The molecule has 1 aromatic rings. The van der Waals surface area contributed by atoms with E-state index in [4.69, 9.17) is 0 Å². The minimum atomic E-state index is -3.07. The van der Waals surface area contributed by atoms with Crippen LogP contribution in [0.5, 0.6) is 5.75 Å². The van der Waals surface area contributed by atoms with Crippen molar-refractivity contribution in [1.29, 1.82) is 0 Å². The molecule has 1 aliphatic carbocycles. The van der Waals surface area contributed by atoms with Gasteiger partial charge < -0.3 is 14.8 Å². The fourth-order valence-corrected chi connectivity index (χ4v) is 2.86. The minimum Gasteiger partial charge on any atom is -0.435 e. The van der Waals surface area contributed by atoms with E-state index in [1.165, 1.54) is 24.3 Å². The van der Waals surface area contributed by atoms with Gasteiger partial charge in [-0.2, -0.15) is 17.6 Å². The molecule has 2 rings (SSSR count). The molecular weight excluding hydrogens is 370 g/mol. The van der Waals surface area contributed by atoms with Crippen LogP contribution in [0, 0.1) is 5.41 Å². The molecule has 1 amide bonds. The summed E-state index contributed by atoms with van der Waals surface area (Å²) in [5.74, 6) is -1.01. The van der Waals surface area contributed by atoms with Gasteiger partial charge in [-0.15, -0.1) is 0 Å². The Bertz CT molecular complexity index is 665. The summed E-state index contributed by atoms with van der Waals surface area (Å²) in [6, 6.07) is 4.26. The molecule has 1 fully saturated rings. The van der Waals surface area contributed by atoms with Crippen LogP contribution < -0.4 is 10.1 Å².